The normalized spacial score (nSPS) is 13.3. The van der Waals surface area contributed by atoms with Gasteiger partial charge in [-0.15, -0.1) is 0 Å². The maximum atomic E-state index is 11.9. The van der Waals surface area contributed by atoms with Crippen LogP contribution in [0.2, 0.25) is 0 Å². The summed E-state index contributed by atoms with van der Waals surface area (Å²) in [6, 6.07) is -0.750. The number of carbonyl (C=O) groups excluding carboxylic acids is 2. The van der Waals surface area contributed by atoms with Gasteiger partial charge in [-0.05, 0) is 12.3 Å². The number of rotatable bonds is 6. The third kappa shape index (κ3) is 8.41. The summed E-state index contributed by atoms with van der Waals surface area (Å²) in [5, 5.41) is 1.69. The summed E-state index contributed by atoms with van der Waals surface area (Å²) in [7, 11) is 1.33. The molecule has 0 aliphatic heterocycles. The van der Waals surface area contributed by atoms with E-state index in [9.17, 15) is 22.8 Å². The summed E-state index contributed by atoms with van der Waals surface area (Å²) in [5.74, 6) is -1.12. The number of halogens is 3. The van der Waals surface area contributed by atoms with E-state index in [-0.39, 0.29) is 5.92 Å². The number of nitrogens with zero attached hydrogens (tertiary/aromatic N) is 1. The van der Waals surface area contributed by atoms with E-state index in [1.54, 1.807) is 5.32 Å². The molecule has 5 nitrogen and oxygen atoms in total. The highest BCUT2D eigenvalue weighted by Crippen LogP contribution is 2.12. The van der Waals surface area contributed by atoms with Gasteiger partial charge in [0, 0.05) is 7.05 Å². The van der Waals surface area contributed by atoms with Gasteiger partial charge < -0.3 is 16.0 Å². The Labute approximate surface area is 110 Å². The predicted molar refractivity (Wildman–Crippen MR) is 64.1 cm³/mol. The van der Waals surface area contributed by atoms with Crippen molar-refractivity contribution < 1.29 is 22.8 Å². The Morgan fingerprint density at radius 3 is 2.26 bits per heavy atom. The van der Waals surface area contributed by atoms with Crippen LogP contribution in [0.4, 0.5) is 13.2 Å². The Hall–Kier alpha value is -1.31. The molecule has 0 aliphatic rings. The maximum Gasteiger partial charge on any atom is 0.405 e. The average molecular weight is 283 g/mol. The Kier molecular flexibility index (Phi) is 6.82. The molecule has 0 fully saturated rings. The molecule has 0 saturated heterocycles. The summed E-state index contributed by atoms with van der Waals surface area (Å²) in [5.41, 5.74) is 5.64. The third-order valence-corrected chi connectivity index (χ3v) is 2.29. The Balaban J connectivity index is 4.18. The average Bonchev–Trinajstić information content (AvgIpc) is 2.23. The van der Waals surface area contributed by atoms with Crippen LogP contribution in [0.1, 0.15) is 20.3 Å². The van der Waals surface area contributed by atoms with Crippen LogP contribution in [0.3, 0.4) is 0 Å². The van der Waals surface area contributed by atoms with Gasteiger partial charge in [-0.25, -0.2) is 0 Å². The Bertz CT molecular complexity index is 319. The minimum atomic E-state index is -4.47. The molecule has 2 amide bonds. The standard InChI is InChI=1S/C11H20F3N3O2/c1-7(2)4-8(15)10(19)17(3)5-9(18)16-6-11(12,13)14/h7-8H,4-6,15H2,1-3H3,(H,16,18). The van der Waals surface area contributed by atoms with E-state index in [2.05, 4.69) is 0 Å². The molecule has 0 heterocycles. The molecule has 0 radical (unpaired) electrons. The molecule has 112 valence electrons. The Morgan fingerprint density at radius 1 is 1.32 bits per heavy atom. The number of amides is 2. The largest absolute Gasteiger partial charge is 0.405 e. The highest BCUT2D eigenvalue weighted by Gasteiger charge is 2.28. The molecular formula is C11H20F3N3O2. The topological polar surface area (TPSA) is 75.4 Å². The minimum Gasteiger partial charge on any atom is -0.345 e. The van der Waals surface area contributed by atoms with Gasteiger partial charge in [-0.3, -0.25) is 9.59 Å². The van der Waals surface area contributed by atoms with E-state index in [4.69, 9.17) is 5.73 Å². The van der Waals surface area contributed by atoms with Crippen molar-refractivity contribution in [1.29, 1.82) is 0 Å². The molecule has 8 heteroatoms. The molecule has 0 aromatic heterocycles. The van der Waals surface area contributed by atoms with Gasteiger partial charge in [0.25, 0.3) is 0 Å². The second-order valence-corrected chi connectivity index (χ2v) is 4.82. The van der Waals surface area contributed by atoms with Crippen LogP contribution >= 0.6 is 0 Å². The smallest absolute Gasteiger partial charge is 0.345 e. The fraction of sp³-hybridized carbons (Fsp3) is 0.818. The van der Waals surface area contributed by atoms with Crippen molar-refractivity contribution in [3.63, 3.8) is 0 Å². The van der Waals surface area contributed by atoms with Crippen LogP contribution in [0.15, 0.2) is 0 Å². The summed E-state index contributed by atoms with van der Waals surface area (Å²) >= 11 is 0. The molecule has 0 saturated carbocycles. The zero-order chi connectivity index (χ0) is 15.2. The van der Waals surface area contributed by atoms with Gasteiger partial charge in [0.05, 0.1) is 12.6 Å². The number of nitrogens with two attached hydrogens (primary N) is 1. The molecule has 0 aliphatic carbocycles. The van der Waals surface area contributed by atoms with Crippen LogP contribution in [0.5, 0.6) is 0 Å². The number of nitrogens with one attached hydrogen (secondary N) is 1. The number of alkyl halides is 3. The summed E-state index contributed by atoms with van der Waals surface area (Å²) < 4.78 is 35.6. The summed E-state index contributed by atoms with van der Waals surface area (Å²) in [6.07, 6.45) is -4.01. The molecule has 19 heavy (non-hydrogen) atoms. The lowest BCUT2D eigenvalue weighted by Crippen LogP contribution is -2.47. The van der Waals surface area contributed by atoms with Gasteiger partial charge >= 0.3 is 6.18 Å². The van der Waals surface area contributed by atoms with Crippen LogP contribution in [-0.4, -0.2) is 49.1 Å². The van der Waals surface area contributed by atoms with Crippen LogP contribution in [0, 0.1) is 5.92 Å². The Morgan fingerprint density at radius 2 is 1.84 bits per heavy atom. The lowest BCUT2D eigenvalue weighted by atomic mass is 10.0. The second kappa shape index (κ2) is 7.32. The second-order valence-electron chi connectivity index (χ2n) is 4.82. The summed E-state index contributed by atoms with van der Waals surface area (Å²) in [4.78, 5) is 23.9. The number of hydrogen-bond acceptors (Lipinski definition) is 3. The monoisotopic (exact) mass is 283 g/mol. The van der Waals surface area contributed by atoms with Crippen LogP contribution in [0.25, 0.3) is 0 Å². The van der Waals surface area contributed by atoms with Crippen molar-refractivity contribution in [3.8, 4) is 0 Å². The molecule has 3 N–H and O–H groups in total. The summed E-state index contributed by atoms with van der Waals surface area (Å²) in [6.45, 7) is 1.93. The molecule has 0 rings (SSSR count). The molecule has 1 atom stereocenters. The number of likely N-dealkylation sites (N-methyl/N-ethyl adjacent to an activating group) is 1. The van der Waals surface area contributed by atoms with E-state index in [0.717, 1.165) is 4.90 Å². The van der Waals surface area contributed by atoms with Gasteiger partial charge in [-0.1, -0.05) is 13.8 Å². The first-order valence-electron chi connectivity index (χ1n) is 5.87. The zero-order valence-electron chi connectivity index (χ0n) is 11.3. The van der Waals surface area contributed by atoms with Crippen molar-refractivity contribution in [2.45, 2.75) is 32.5 Å². The maximum absolute atomic E-state index is 11.9. The number of carbonyl (C=O) groups is 2. The molecule has 1 unspecified atom stereocenters. The van der Waals surface area contributed by atoms with Crippen molar-refractivity contribution >= 4 is 11.8 Å². The number of hydrogen-bond donors (Lipinski definition) is 2. The van der Waals surface area contributed by atoms with E-state index < -0.39 is 37.1 Å². The van der Waals surface area contributed by atoms with Crippen LogP contribution < -0.4 is 11.1 Å². The van der Waals surface area contributed by atoms with Crippen molar-refractivity contribution in [1.82, 2.24) is 10.2 Å². The SMILES string of the molecule is CC(C)CC(N)C(=O)N(C)CC(=O)NCC(F)(F)F. The quantitative estimate of drug-likeness (QED) is 0.745. The fourth-order valence-electron chi connectivity index (χ4n) is 1.44. The fourth-order valence-corrected chi connectivity index (χ4v) is 1.44. The zero-order valence-corrected chi connectivity index (χ0v) is 11.3. The van der Waals surface area contributed by atoms with Crippen molar-refractivity contribution in [2.24, 2.45) is 11.7 Å². The first-order valence-corrected chi connectivity index (χ1v) is 5.87. The van der Waals surface area contributed by atoms with E-state index in [1.807, 2.05) is 13.8 Å². The molecular weight excluding hydrogens is 263 g/mol. The molecule has 0 bridgehead atoms. The predicted octanol–water partition coefficient (Wildman–Crippen LogP) is 0.497. The third-order valence-electron chi connectivity index (χ3n) is 2.29. The van der Waals surface area contributed by atoms with Gasteiger partial charge in [-0.2, -0.15) is 13.2 Å². The first kappa shape index (κ1) is 17.7. The molecule has 0 spiro atoms. The van der Waals surface area contributed by atoms with Crippen molar-refractivity contribution in [2.75, 3.05) is 20.1 Å². The van der Waals surface area contributed by atoms with Crippen LogP contribution in [-0.2, 0) is 9.59 Å². The lowest BCUT2D eigenvalue weighted by Gasteiger charge is -2.22. The van der Waals surface area contributed by atoms with Gasteiger partial charge in [0.1, 0.15) is 6.54 Å². The first-order chi connectivity index (χ1) is 8.53. The van der Waals surface area contributed by atoms with Gasteiger partial charge in [0.15, 0.2) is 0 Å². The lowest BCUT2D eigenvalue weighted by molar-refractivity contribution is -0.142. The van der Waals surface area contributed by atoms with E-state index in [1.165, 1.54) is 7.05 Å². The minimum absolute atomic E-state index is 0.214. The highest BCUT2D eigenvalue weighted by molar-refractivity contribution is 5.87. The van der Waals surface area contributed by atoms with Gasteiger partial charge in [0.2, 0.25) is 11.8 Å². The van der Waals surface area contributed by atoms with E-state index >= 15 is 0 Å². The molecule has 0 aromatic carbocycles. The van der Waals surface area contributed by atoms with E-state index in [0.29, 0.717) is 6.42 Å². The highest BCUT2D eigenvalue weighted by atomic mass is 19.4. The molecule has 0 aromatic rings. The van der Waals surface area contributed by atoms with Crippen molar-refractivity contribution in [3.05, 3.63) is 0 Å².